The Bertz CT molecular complexity index is 857. The van der Waals surface area contributed by atoms with Gasteiger partial charge < -0.3 is 15.7 Å². The second-order valence-electron chi connectivity index (χ2n) is 6.89. The molecule has 0 saturated heterocycles. The van der Waals surface area contributed by atoms with Crippen molar-refractivity contribution in [2.75, 3.05) is 23.8 Å². The van der Waals surface area contributed by atoms with Gasteiger partial charge >= 0.3 is 0 Å². The molecule has 3 rings (SSSR count). The monoisotopic (exact) mass is 378 g/mol. The molecule has 3 heterocycles. The molecule has 146 valence electrons. The van der Waals surface area contributed by atoms with Crippen LogP contribution in [-0.2, 0) is 6.42 Å². The van der Waals surface area contributed by atoms with Gasteiger partial charge in [0, 0.05) is 31.2 Å². The van der Waals surface area contributed by atoms with Gasteiger partial charge in [0.2, 0.25) is 5.95 Å². The number of nitrogens with zero attached hydrogens (tertiary/aromatic N) is 4. The highest BCUT2D eigenvalue weighted by molar-refractivity contribution is 5.61. The predicted octanol–water partition coefficient (Wildman–Crippen LogP) is 3.02. The summed E-state index contributed by atoms with van der Waals surface area (Å²) in [6.45, 7) is 4.84. The zero-order valence-electron chi connectivity index (χ0n) is 16.2. The van der Waals surface area contributed by atoms with E-state index < -0.39 is 0 Å². The third-order valence-electron chi connectivity index (χ3n) is 4.44. The van der Waals surface area contributed by atoms with Crippen molar-refractivity contribution in [2.24, 2.45) is 5.92 Å². The van der Waals surface area contributed by atoms with Crippen LogP contribution in [0, 0.1) is 5.92 Å². The Kier molecular flexibility index (Phi) is 6.86. The van der Waals surface area contributed by atoms with Gasteiger partial charge in [-0.15, -0.1) is 0 Å². The zero-order valence-corrected chi connectivity index (χ0v) is 16.2. The van der Waals surface area contributed by atoms with E-state index in [1.807, 2.05) is 50.2 Å². The second-order valence-corrected chi connectivity index (χ2v) is 6.89. The third kappa shape index (κ3) is 5.47. The second kappa shape index (κ2) is 9.75. The molecular weight excluding hydrogens is 352 g/mol. The van der Waals surface area contributed by atoms with Gasteiger partial charge in [0.1, 0.15) is 5.82 Å². The molecule has 0 bridgehead atoms. The largest absolute Gasteiger partial charge is 0.394 e. The molecule has 0 fully saturated rings. The van der Waals surface area contributed by atoms with Crippen molar-refractivity contribution in [2.45, 2.75) is 26.3 Å². The van der Waals surface area contributed by atoms with Crippen LogP contribution in [0.25, 0.3) is 11.4 Å². The highest BCUT2D eigenvalue weighted by Gasteiger charge is 2.15. The molecule has 28 heavy (non-hydrogen) atoms. The Labute approximate surface area is 165 Å². The number of nitrogens with one attached hydrogen (secondary N) is 2. The van der Waals surface area contributed by atoms with Gasteiger partial charge in [0.25, 0.3) is 0 Å². The number of hydrogen-bond donors (Lipinski definition) is 3. The minimum atomic E-state index is -0.122. The first-order valence-electron chi connectivity index (χ1n) is 9.46. The molecule has 3 aromatic heterocycles. The summed E-state index contributed by atoms with van der Waals surface area (Å²) in [6.07, 6.45) is 6.19. The molecule has 0 unspecified atom stereocenters. The Morgan fingerprint density at radius 3 is 2.50 bits per heavy atom. The fourth-order valence-electron chi connectivity index (χ4n) is 2.72. The van der Waals surface area contributed by atoms with E-state index in [-0.39, 0.29) is 18.6 Å². The molecule has 0 aliphatic carbocycles. The Morgan fingerprint density at radius 1 is 1.00 bits per heavy atom. The average molecular weight is 378 g/mol. The first kappa shape index (κ1) is 19.7. The zero-order chi connectivity index (χ0) is 19.8. The summed E-state index contributed by atoms with van der Waals surface area (Å²) in [7, 11) is 0. The van der Waals surface area contributed by atoms with Crippen molar-refractivity contribution in [3.05, 3.63) is 60.6 Å². The number of aromatic nitrogens is 4. The van der Waals surface area contributed by atoms with E-state index in [0.717, 1.165) is 24.4 Å². The summed E-state index contributed by atoms with van der Waals surface area (Å²) in [6, 6.07) is 11.5. The topological polar surface area (TPSA) is 95.8 Å². The lowest BCUT2D eigenvalue weighted by atomic mass is 10.1. The lowest BCUT2D eigenvalue weighted by Gasteiger charge is -2.20. The van der Waals surface area contributed by atoms with Gasteiger partial charge in [-0.2, -0.15) is 4.98 Å². The number of pyridine rings is 2. The minimum absolute atomic E-state index is 0.0135. The van der Waals surface area contributed by atoms with Gasteiger partial charge in [0.15, 0.2) is 0 Å². The molecule has 7 nitrogen and oxygen atoms in total. The Morgan fingerprint density at radius 2 is 1.82 bits per heavy atom. The Hall–Kier alpha value is -3.06. The van der Waals surface area contributed by atoms with E-state index >= 15 is 0 Å². The van der Waals surface area contributed by atoms with Crippen LogP contribution < -0.4 is 10.6 Å². The highest BCUT2D eigenvalue weighted by Crippen LogP contribution is 2.20. The summed E-state index contributed by atoms with van der Waals surface area (Å²) in [5, 5.41) is 16.2. The lowest BCUT2D eigenvalue weighted by molar-refractivity contribution is 0.248. The minimum Gasteiger partial charge on any atom is -0.394 e. The standard InChI is InChI=1S/C21H26N6O/c1-15(2)19(14-28)26-21-25-18(17-5-3-4-9-23-17)13-20(27-21)24-12-8-16-6-10-22-11-7-16/h3-7,9-11,13,15,19,28H,8,12,14H2,1-2H3,(H2,24,25,26,27)/t19-/m1/s1. The van der Waals surface area contributed by atoms with E-state index in [2.05, 4.69) is 30.6 Å². The first-order chi connectivity index (χ1) is 13.7. The van der Waals surface area contributed by atoms with Crippen LogP contribution in [0.3, 0.4) is 0 Å². The molecule has 0 saturated carbocycles. The van der Waals surface area contributed by atoms with Crippen molar-refractivity contribution < 1.29 is 5.11 Å². The van der Waals surface area contributed by atoms with Crippen LogP contribution in [0.2, 0.25) is 0 Å². The first-order valence-corrected chi connectivity index (χ1v) is 9.46. The van der Waals surface area contributed by atoms with Gasteiger partial charge in [0.05, 0.1) is 24.0 Å². The van der Waals surface area contributed by atoms with Crippen LogP contribution in [-0.4, -0.2) is 44.2 Å². The summed E-state index contributed by atoms with van der Waals surface area (Å²) in [5.41, 5.74) is 2.71. The summed E-state index contributed by atoms with van der Waals surface area (Å²) in [4.78, 5) is 17.6. The number of hydrogen-bond acceptors (Lipinski definition) is 7. The lowest BCUT2D eigenvalue weighted by Crippen LogP contribution is -2.30. The van der Waals surface area contributed by atoms with Gasteiger partial charge in [-0.05, 0) is 42.2 Å². The van der Waals surface area contributed by atoms with Crippen molar-refractivity contribution in [1.82, 2.24) is 19.9 Å². The Balaban J connectivity index is 1.80. The van der Waals surface area contributed by atoms with E-state index in [1.165, 1.54) is 5.56 Å². The molecule has 3 aromatic rings. The van der Waals surface area contributed by atoms with Crippen LogP contribution in [0.5, 0.6) is 0 Å². The van der Waals surface area contributed by atoms with Crippen LogP contribution >= 0.6 is 0 Å². The average Bonchev–Trinajstić information content (AvgIpc) is 2.73. The summed E-state index contributed by atoms with van der Waals surface area (Å²) in [5.74, 6) is 1.44. The summed E-state index contributed by atoms with van der Waals surface area (Å²) >= 11 is 0. The number of aliphatic hydroxyl groups excluding tert-OH is 1. The molecule has 0 aromatic carbocycles. The fraction of sp³-hybridized carbons (Fsp3) is 0.333. The van der Waals surface area contributed by atoms with E-state index in [0.29, 0.717) is 11.8 Å². The number of rotatable bonds is 9. The number of aliphatic hydroxyl groups is 1. The van der Waals surface area contributed by atoms with Crippen molar-refractivity contribution in [3.63, 3.8) is 0 Å². The molecule has 0 amide bonds. The molecule has 0 radical (unpaired) electrons. The molecular formula is C21H26N6O. The molecule has 0 spiro atoms. The predicted molar refractivity (Wildman–Crippen MR) is 111 cm³/mol. The maximum absolute atomic E-state index is 9.63. The maximum Gasteiger partial charge on any atom is 0.225 e. The van der Waals surface area contributed by atoms with Gasteiger partial charge in [-0.25, -0.2) is 4.98 Å². The van der Waals surface area contributed by atoms with Gasteiger partial charge in [-0.1, -0.05) is 19.9 Å². The van der Waals surface area contributed by atoms with Crippen LogP contribution in [0.4, 0.5) is 11.8 Å². The molecule has 0 aliphatic heterocycles. The highest BCUT2D eigenvalue weighted by atomic mass is 16.3. The quantitative estimate of drug-likeness (QED) is 0.527. The van der Waals surface area contributed by atoms with Crippen LogP contribution in [0.1, 0.15) is 19.4 Å². The molecule has 1 atom stereocenters. The fourth-order valence-corrected chi connectivity index (χ4v) is 2.72. The third-order valence-corrected chi connectivity index (χ3v) is 4.44. The van der Waals surface area contributed by atoms with Crippen molar-refractivity contribution >= 4 is 11.8 Å². The van der Waals surface area contributed by atoms with E-state index in [9.17, 15) is 5.11 Å². The maximum atomic E-state index is 9.63. The molecule has 7 heteroatoms. The summed E-state index contributed by atoms with van der Waals surface area (Å²) < 4.78 is 0. The van der Waals surface area contributed by atoms with Crippen molar-refractivity contribution in [1.29, 1.82) is 0 Å². The van der Waals surface area contributed by atoms with E-state index in [1.54, 1.807) is 18.6 Å². The SMILES string of the molecule is CC(C)[C@@H](CO)Nc1nc(NCCc2ccncc2)cc(-c2ccccn2)n1. The number of anilines is 2. The molecule has 0 aliphatic rings. The van der Waals surface area contributed by atoms with Gasteiger partial charge in [-0.3, -0.25) is 9.97 Å². The van der Waals surface area contributed by atoms with Crippen molar-refractivity contribution in [3.8, 4) is 11.4 Å². The normalized spacial score (nSPS) is 12.0. The van der Waals surface area contributed by atoms with Crippen LogP contribution in [0.15, 0.2) is 55.0 Å². The smallest absolute Gasteiger partial charge is 0.225 e. The van der Waals surface area contributed by atoms with E-state index in [4.69, 9.17) is 0 Å². The molecule has 3 N–H and O–H groups in total.